The van der Waals surface area contributed by atoms with E-state index in [1.54, 1.807) is 0 Å². The van der Waals surface area contributed by atoms with Crippen molar-refractivity contribution in [2.24, 2.45) is 0 Å². The fourth-order valence-corrected chi connectivity index (χ4v) is 0.524. The molecular formula is C3H9NO4S. The van der Waals surface area contributed by atoms with Crippen molar-refractivity contribution < 1.29 is 18.0 Å². The van der Waals surface area contributed by atoms with Crippen LogP contribution in [0.15, 0.2) is 12.7 Å². The maximum Gasteiger partial charge on any atom is 0.296 e. The van der Waals surface area contributed by atoms with Gasteiger partial charge in [0, 0.05) is 0 Å². The zero-order valence-electron chi connectivity index (χ0n) is 4.78. The molecule has 0 bridgehead atoms. The molecule has 0 rings (SSSR count). The summed E-state index contributed by atoms with van der Waals surface area (Å²) in [6.07, 6.45) is 1.12. The summed E-state index contributed by atoms with van der Waals surface area (Å²) < 4.78 is 23.2. The molecule has 0 aromatic carbocycles. The molecule has 5 nitrogen and oxygen atoms in total. The normalized spacial score (nSPS) is 9.89. The van der Waals surface area contributed by atoms with Crippen LogP contribution in [0.3, 0.4) is 0 Å². The Morgan fingerprint density at radius 3 is 2.22 bits per heavy atom. The first-order valence-corrected chi connectivity index (χ1v) is 3.37. The van der Waals surface area contributed by atoms with Crippen molar-refractivity contribution in [3.63, 3.8) is 0 Å². The number of hydrogen-bond acceptors (Lipinski definition) is 5. The van der Waals surface area contributed by atoms with Crippen molar-refractivity contribution in [3.8, 4) is 0 Å². The third-order valence-corrected chi connectivity index (χ3v) is 1.31. The summed E-state index contributed by atoms with van der Waals surface area (Å²) in [6.45, 7) is 3.12. The first-order chi connectivity index (χ1) is 3.62. The minimum absolute atomic E-state index is 0. The summed E-state index contributed by atoms with van der Waals surface area (Å²) in [6, 6.07) is 0. The Kier molecular flexibility index (Phi) is 5.62. The molecular weight excluding hydrogens is 146 g/mol. The van der Waals surface area contributed by atoms with E-state index in [4.69, 9.17) is 5.26 Å². The lowest BCUT2D eigenvalue weighted by atomic mass is 10.8. The van der Waals surface area contributed by atoms with Crippen LogP contribution in [0.4, 0.5) is 0 Å². The summed E-state index contributed by atoms with van der Waals surface area (Å²) in [4.78, 5) is 0. The second-order valence-corrected chi connectivity index (χ2v) is 2.69. The second kappa shape index (κ2) is 4.45. The van der Waals surface area contributed by atoms with Gasteiger partial charge in [0.15, 0.2) is 0 Å². The van der Waals surface area contributed by atoms with Crippen molar-refractivity contribution in [2.75, 3.05) is 5.75 Å². The largest absolute Gasteiger partial charge is 0.344 e. The standard InChI is InChI=1S/C3H6O4S.H3N/c1-2-3-8(5,6)7-4;/h2,4H,1,3H2;1H3. The molecule has 56 valence electrons. The molecule has 0 saturated heterocycles. The zero-order valence-corrected chi connectivity index (χ0v) is 5.60. The highest BCUT2D eigenvalue weighted by molar-refractivity contribution is 7.86. The maximum absolute atomic E-state index is 10.1. The molecule has 0 spiro atoms. The minimum atomic E-state index is -3.73. The van der Waals surface area contributed by atoms with Crippen molar-refractivity contribution in [1.29, 1.82) is 0 Å². The highest BCUT2D eigenvalue weighted by Gasteiger charge is 2.04. The molecule has 0 radical (unpaired) electrons. The zero-order chi connectivity index (χ0) is 6.62. The third-order valence-electron chi connectivity index (χ3n) is 0.436. The monoisotopic (exact) mass is 155 g/mol. The lowest BCUT2D eigenvalue weighted by molar-refractivity contribution is -0.130. The van der Waals surface area contributed by atoms with Gasteiger partial charge in [-0.1, -0.05) is 6.08 Å². The van der Waals surface area contributed by atoms with Gasteiger partial charge in [0.2, 0.25) is 0 Å². The molecule has 0 saturated carbocycles. The van der Waals surface area contributed by atoms with Crippen molar-refractivity contribution in [3.05, 3.63) is 12.7 Å². The quantitative estimate of drug-likeness (QED) is 0.343. The van der Waals surface area contributed by atoms with Gasteiger partial charge >= 0.3 is 0 Å². The molecule has 0 heterocycles. The summed E-state index contributed by atoms with van der Waals surface area (Å²) in [5.41, 5.74) is 0. The van der Waals surface area contributed by atoms with E-state index in [2.05, 4.69) is 10.9 Å². The van der Waals surface area contributed by atoms with Crippen LogP contribution in [0, 0.1) is 0 Å². The van der Waals surface area contributed by atoms with Gasteiger partial charge in [-0.3, -0.25) is 0 Å². The molecule has 0 aromatic heterocycles. The predicted octanol–water partition coefficient (Wildman–Crippen LogP) is 0.154. The van der Waals surface area contributed by atoms with Crippen molar-refractivity contribution >= 4 is 10.1 Å². The lowest BCUT2D eigenvalue weighted by Crippen LogP contribution is -2.04. The van der Waals surface area contributed by atoms with E-state index >= 15 is 0 Å². The highest BCUT2D eigenvalue weighted by Crippen LogP contribution is 1.87. The van der Waals surface area contributed by atoms with Gasteiger partial charge in [0.05, 0.1) is 5.75 Å². The Hall–Kier alpha value is -0.430. The Bertz CT molecular complexity index is 161. The van der Waals surface area contributed by atoms with Crippen LogP contribution in [0.2, 0.25) is 0 Å². The van der Waals surface area contributed by atoms with E-state index in [0.29, 0.717) is 0 Å². The molecule has 0 unspecified atom stereocenters. The number of rotatable bonds is 3. The summed E-state index contributed by atoms with van der Waals surface area (Å²) in [7, 11) is -3.73. The predicted molar refractivity (Wildman–Crippen MR) is 32.7 cm³/mol. The molecule has 0 fully saturated rings. The van der Waals surface area contributed by atoms with E-state index in [-0.39, 0.29) is 11.9 Å². The van der Waals surface area contributed by atoms with Gasteiger partial charge in [-0.05, 0) is 0 Å². The average molecular weight is 155 g/mol. The molecule has 6 heteroatoms. The van der Waals surface area contributed by atoms with E-state index in [1.165, 1.54) is 0 Å². The van der Waals surface area contributed by atoms with E-state index in [1.807, 2.05) is 0 Å². The Balaban J connectivity index is 0. The summed E-state index contributed by atoms with van der Waals surface area (Å²) >= 11 is 0. The smallest absolute Gasteiger partial charge is 0.296 e. The van der Waals surface area contributed by atoms with E-state index < -0.39 is 10.1 Å². The summed E-state index contributed by atoms with van der Waals surface area (Å²) in [5.74, 6) is -0.372. The van der Waals surface area contributed by atoms with Gasteiger partial charge in [-0.2, -0.15) is 8.42 Å². The van der Waals surface area contributed by atoms with Gasteiger partial charge in [-0.25, -0.2) is 5.26 Å². The van der Waals surface area contributed by atoms with Gasteiger partial charge < -0.3 is 6.15 Å². The molecule has 0 atom stereocenters. The molecule has 0 aliphatic heterocycles. The van der Waals surface area contributed by atoms with Crippen LogP contribution >= 0.6 is 0 Å². The molecule has 0 aliphatic rings. The van der Waals surface area contributed by atoms with Gasteiger partial charge in [0.1, 0.15) is 0 Å². The topological polar surface area (TPSA) is 98.6 Å². The fourth-order valence-electron chi connectivity index (χ4n) is 0.175. The average Bonchev–Trinajstić information content (AvgIpc) is 1.67. The maximum atomic E-state index is 10.1. The van der Waals surface area contributed by atoms with Crippen LogP contribution in [-0.4, -0.2) is 19.4 Å². The van der Waals surface area contributed by atoms with Crippen molar-refractivity contribution in [2.45, 2.75) is 0 Å². The first kappa shape index (κ1) is 11.4. The van der Waals surface area contributed by atoms with E-state index in [0.717, 1.165) is 6.08 Å². The Labute approximate surface area is 53.6 Å². The van der Waals surface area contributed by atoms with Crippen LogP contribution in [0.1, 0.15) is 0 Å². The van der Waals surface area contributed by atoms with Crippen LogP contribution in [0.25, 0.3) is 0 Å². The van der Waals surface area contributed by atoms with Crippen LogP contribution in [-0.2, 0) is 14.5 Å². The van der Waals surface area contributed by atoms with Crippen LogP contribution in [0.5, 0.6) is 0 Å². The van der Waals surface area contributed by atoms with Crippen LogP contribution < -0.4 is 6.15 Å². The fraction of sp³-hybridized carbons (Fsp3) is 0.333. The number of hydrogen-bond donors (Lipinski definition) is 2. The highest BCUT2D eigenvalue weighted by atomic mass is 32.2. The second-order valence-electron chi connectivity index (χ2n) is 1.09. The molecule has 0 aromatic rings. The summed E-state index contributed by atoms with van der Waals surface area (Å²) in [5, 5.41) is 7.59. The minimum Gasteiger partial charge on any atom is -0.344 e. The SMILES string of the molecule is C=CCS(=O)(=O)OO.N. The first-order valence-electron chi connectivity index (χ1n) is 1.79. The third kappa shape index (κ3) is 5.44. The Morgan fingerprint density at radius 1 is 1.67 bits per heavy atom. The molecule has 4 N–H and O–H groups in total. The molecule has 0 aliphatic carbocycles. The Morgan fingerprint density at radius 2 is 2.11 bits per heavy atom. The molecule has 0 amide bonds. The lowest BCUT2D eigenvalue weighted by Gasteiger charge is -1.89. The van der Waals surface area contributed by atoms with Gasteiger partial charge in [-0.15, -0.1) is 10.9 Å². The van der Waals surface area contributed by atoms with E-state index in [9.17, 15) is 8.42 Å². The molecule has 9 heavy (non-hydrogen) atoms. The van der Waals surface area contributed by atoms with Gasteiger partial charge in [0.25, 0.3) is 10.1 Å². The van der Waals surface area contributed by atoms with Crippen molar-refractivity contribution in [1.82, 2.24) is 6.15 Å².